The highest BCUT2D eigenvalue weighted by atomic mass is 79.9. The third-order valence-corrected chi connectivity index (χ3v) is 3.35. The van der Waals surface area contributed by atoms with Gasteiger partial charge in [-0.15, -0.1) is 0 Å². The third kappa shape index (κ3) is 3.78. The molecule has 0 spiro atoms. The number of hydrogen-bond donors (Lipinski definition) is 1. The Kier molecular flexibility index (Phi) is 4.93. The maximum atomic E-state index is 6.09. The molecular formula is C15H17BrN2O. The van der Waals surface area contributed by atoms with Crippen molar-refractivity contribution in [1.82, 2.24) is 4.98 Å². The van der Waals surface area contributed by atoms with Crippen LogP contribution >= 0.6 is 15.9 Å². The summed E-state index contributed by atoms with van der Waals surface area (Å²) in [6.45, 7) is 2.56. The summed E-state index contributed by atoms with van der Waals surface area (Å²) in [4.78, 5) is 4.12. The van der Waals surface area contributed by atoms with Gasteiger partial charge in [-0.1, -0.05) is 25.1 Å². The molecule has 2 aromatic rings. The molecule has 0 saturated heterocycles. The second kappa shape index (κ2) is 6.68. The number of halogens is 1. The van der Waals surface area contributed by atoms with Crippen molar-refractivity contribution in [3.8, 4) is 5.75 Å². The summed E-state index contributed by atoms with van der Waals surface area (Å²) in [5.74, 6) is 0.844. The van der Waals surface area contributed by atoms with Gasteiger partial charge in [-0.25, -0.2) is 0 Å². The molecule has 19 heavy (non-hydrogen) atoms. The fourth-order valence-corrected chi connectivity index (χ4v) is 2.25. The molecule has 0 fully saturated rings. The van der Waals surface area contributed by atoms with Crippen LogP contribution in [0.3, 0.4) is 0 Å². The summed E-state index contributed by atoms with van der Waals surface area (Å²) in [7, 11) is 0. The molecule has 0 aliphatic heterocycles. The van der Waals surface area contributed by atoms with Crippen molar-refractivity contribution < 1.29 is 4.74 Å². The maximum absolute atomic E-state index is 6.09. The highest BCUT2D eigenvalue weighted by molar-refractivity contribution is 9.10. The van der Waals surface area contributed by atoms with Crippen LogP contribution in [0, 0.1) is 0 Å². The number of para-hydroxylation sites is 1. The van der Waals surface area contributed by atoms with Crippen molar-refractivity contribution in [2.45, 2.75) is 26.0 Å². The van der Waals surface area contributed by atoms with Crippen LogP contribution in [0.15, 0.2) is 47.2 Å². The Labute approximate surface area is 121 Å². The van der Waals surface area contributed by atoms with Gasteiger partial charge in [0.1, 0.15) is 12.4 Å². The Morgan fingerprint density at radius 3 is 2.84 bits per heavy atom. The molecule has 1 aromatic carbocycles. The minimum Gasteiger partial charge on any atom is -0.489 e. The summed E-state index contributed by atoms with van der Waals surface area (Å²) in [6, 6.07) is 9.92. The van der Waals surface area contributed by atoms with Crippen LogP contribution in [0.1, 0.15) is 30.5 Å². The summed E-state index contributed by atoms with van der Waals surface area (Å²) in [6.07, 6.45) is 4.44. The van der Waals surface area contributed by atoms with Crippen LogP contribution in [-0.2, 0) is 6.61 Å². The zero-order valence-corrected chi connectivity index (χ0v) is 12.4. The van der Waals surface area contributed by atoms with Crippen molar-refractivity contribution in [2.75, 3.05) is 0 Å². The van der Waals surface area contributed by atoms with Crippen LogP contribution in [-0.4, -0.2) is 4.98 Å². The molecule has 2 N–H and O–H groups in total. The van der Waals surface area contributed by atoms with E-state index in [4.69, 9.17) is 10.5 Å². The molecule has 100 valence electrons. The van der Waals surface area contributed by atoms with Crippen LogP contribution in [0.25, 0.3) is 0 Å². The second-order valence-corrected chi connectivity index (χ2v) is 5.27. The van der Waals surface area contributed by atoms with Gasteiger partial charge in [-0.05, 0) is 34.5 Å². The van der Waals surface area contributed by atoms with Crippen molar-refractivity contribution >= 4 is 15.9 Å². The van der Waals surface area contributed by atoms with E-state index in [1.54, 1.807) is 12.4 Å². The monoisotopic (exact) mass is 320 g/mol. The molecule has 2 rings (SSSR count). The van der Waals surface area contributed by atoms with Crippen LogP contribution < -0.4 is 10.5 Å². The predicted molar refractivity (Wildman–Crippen MR) is 79.9 cm³/mol. The van der Waals surface area contributed by atoms with Gasteiger partial charge >= 0.3 is 0 Å². The number of rotatable bonds is 5. The molecule has 0 aliphatic carbocycles. The molecular weight excluding hydrogens is 304 g/mol. The van der Waals surface area contributed by atoms with E-state index >= 15 is 0 Å². The molecule has 1 heterocycles. The van der Waals surface area contributed by atoms with E-state index in [9.17, 15) is 0 Å². The summed E-state index contributed by atoms with van der Waals surface area (Å²) in [5.41, 5.74) is 8.16. The fourth-order valence-electron chi connectivity index (χ4n) is 1.83. The molecule has 0 amide bonds. The maximum Gasteiger partial charge on any atom is 0.124 e. The first kappa shape index (κ1) is 14.0. The molecule has 4 heteroatoms. The number of nitrogens with two attached hydrogens (primary N) is 1. The molecule has 0 bridgehead atoms. The Bertz CT molecular complexity index is 545. The number of hydrogen-bond acceptors (Lipinski definition) is 3. The van der Waals surface area contributed by atoms with Gasteiger partial charge in [0.05, 0.1) is 0 Å². The van der Waals surface area contributed by atoms with Crippen LogP contribution in [0.5, 0.6) is 5.75 Å². The summed E-state index contributed by atoms with van der Waals surface area (Å²) >= 11 is 3.40. The second-order valence-electron chi connectivity index (χ2n) is 4.35. The zero-order chi connectivity index (χ0) is 13.7. The largest absolute Gasteiger partial charge is 0.489 e. The van der Waals surface area contributed by atoms with E-state index in [0.29, 0.717) is 6.61 Å². The topological polar surface area (TPSA) is 48.1 Å². The van der Waals surface area contributed by atoms with Crippen molar-refractivity contribution in [3.63, 3.8) is 0 Å². The van der Waals surface area contributed by atoms with Crippen molar-refractivity contribution in [3.05, 3.63) is 58.3 Å². The SMILES string of the molecule is CC[C@@H](N)c1ccccc1OCc1cncc(Br)c1. The van der Waals surface area contributed by atoms with E-state index in [1.165, 1.54) is 0 Å². The lowest BCUT2D eigenvalue weighted by Crippen LogP contribution is -2.10. The smallest absolute Gasteiger partial charge is 0.124 e. The van der Waals surface area contributed by atoms with Crippen LogP contribution in [0.4, 0.5) is 0 Å². The minimum absolute atomic E-state index is 0.0110. The number of nitrogens with zero attached hydrogens (tertiary/aromatic N) is 1. The number of aromatic nitrogens is 1. The van der Waals surface area contributed by atoms with Crippen molar-refractivity contribution in [2.24, 2.45) is 5.73 Å². The lowest BCUT2D eigenvalue weighted by atomic mass is 10.0. The van der Waals surface area contributed by atoms with Gasteiger partial charge < -0.3 is 10.5 Å². The zero-order valence-electron chi connectivity index (χ0n) is 10.8. The molecule has 0 unspecified atom stereocenters. The standard InChI is InChI=1S/C15H17BrN2O/c1-2-14(17)13-5-3-4-6-15(13)19-10-11-7-12(16)9-18-8-11/h3-9,14H,2,10,17H2,1H3/t14-/m1/s1. The third-order valence-electron chi connectivity index (χ3n) is 2.91. The first-order chi connectivity index (χ1) is 9.20. The van der Waals surface area contributed by atoms with E-state index < -0.39 is 0 Å². The van der Waals surface area contributed by atoms with E-state index in [1.807, 2.05) is 30.3 Å². The van der Waals surface area contributed by atoms with Gasteiger partial charge in [0.25, 0.3) is 0 Å². The van der Waals surface area contributed by atoms with Gasteiger partial charge in [0, 0.05) is 34.0 Å². The number of ether oxygens (including phenoxy) is 1. The van der Waals surface area contributed by atoms with Gasteiger partial charge in [-0.2, -0.15) is 0 Å². The van der Waals surface area contributed by atoms with E-state index in [2.05, 4.69) is 27.8 Å². The molecule has 3 nitrogen and oxygen atoms in total. The Morgan fingerprint density at radius 2 is 2.11 bits per heavy atom. The number of pyridine rings is 1. The molecule has 0 radical (unpaired) electrons. The van der Waals surface area contributed by atoms with Gasteiger partial charge in [0.15, 0.2) is 0 Å². The highest BCUT2D eigenvalue weighted by Crippen LogP contribution is 2.26. The minimum atomic E-state index is 0.0110. The first-order valence-electron chi connectivity index (χ1n) is 6.27. The molecule has 0 aliphatic rings. The normalized spacial score (nSPS) is 12.2. The highest BCUT2D eigenvalue weighted by Gasteiger charge is 2.09. The molecule has 1 atom stereocenters. The van der Waals surface area contributed by atoms with Gasteiger partial charge in [-0.3, -0.25) is 4.98 Å². The van der Waals surface area contributed by atoms with E-state index in [0.717, 1.165) is 27.8 Å². The van der Waals surface area contributed by atoms with E-state index in [-0.39, 0.29) is 6.04 Å². The Morgan fingerprint density at radius 1 is 1.32 bits per heavy atom. The van der Waals surface area contributed by atoms with Crippen molar-refractivity contribution in [1.29, 1.82) is 0 Å². The Balaban J connectivity index is 2.11. The Hall–Kier alpha value is -1.39. The summed E-state index contributed by atoms with van der Waals surface area (Å²) in [5, 5.41) is 0. The lowest BCUT2D eigenvalue weighted by molar-refractivity contribution is 0.300. The molecule has 1 aromatic heterocycles. The average Bonchev–Trinajstić information content (AvgIpc) is 2.45. The summed E-state index contributed by atoms with van der Waals surface area (Å²) < 4.78 is 6.81. The predicted octanol–water partition coefficient (Wildman–Crippen LogP) is 3.83. The van der Waals surface area contributed by atoms with Gasteiger partial charge in [0.2, 0.25) is 0 Å². The lowest BCUT2D eigenvalue weighted by Gasteiger charge is -2.15. The molecule has 0 saturated carbocycles. The fraction of sp³-hybridized carbons (Fsp3) is 0.267. The first-order valence-corrected chi connectivity index (χ1v) is 7.06. The number of benzene rings is 1. The quantitative estimate of drug-likeness (QED) is 0.910. The average molecular weight is 321 g/mol. The van der Waals surface area contributed by atoms with Crippen LogP contribution in [0.2, 0.25) is 0 Å².